The SMILES string of the molecule is CCN(CC)c1ccc(NC(=O)c2ccnn2C(F)F)cc1. The average Bonchev–Trinajstić information content (AvgIpc) is 3.00. The van der Waals surface area contributed by atoms with Gasteiger partial charge in [-0.25, -0.2) is 0 Å². The maximum absolute atomic E-state index is 12.7. The molecule has 0 spiro atoms. The lowest BCUT2D eigenvalue weighted by atomic mass is 10.2. The summed E-state index contributed by atoms with van der Waals surface area (Å²) in [5.74, 6) is -0.617. The maximum atomic E-state index is 12.7. The van der Waals surface area contributed by atoms with Crippen molar-refractivity contribution in [3.8, 4) is 0 Å². The van der Waals surface area contributed by atoms with E-state index in [9.17, 15) is 13.6 Å². The molecule has 1 heterocycles. The van der Waals surface area contributed by atoms with Crippen LogP contribution in [0.3, 0.4) is 0 Å². The lowest BCUT2D eigenvalue weighted by Gasteiger charge is -2.21. The number of rotatable bonds is 6. The second kappa shape index (κ2) is 7.02. The molecule has 1 aromatic heterocycles. The highest BCUT2D eigenvalue weighted by Gasteiger charge is 2.17. The Labute approximate surface area is 127 Å². The van der Waals surface area contributed by atoms with Gasteiger partial charge in [-0.2, -0.15) is 18.6 Å². The highest BCUT2D eigenvalue weighted by Crippen LogP contribution is 2.19. The third-order valence-electron chi connectivity index (χ3n) is 3.34. The molecule has 5 nitrogen and oxygen atoms in total. The summed E-state index contributed by atoms with van der Waals surface area (Å²) in [5.41, 5.74) is 1.41. The van der Waals surface area contributed by atoms with E-state index >= 15 is 0 Å². The van der Waals surface area contributed by atoms with Crippen LogP contribution in [0.2, 0.25) is 0 Å². The van der Waals surface area contributed by atoms with E-state index in [0.29, 0.717) is 10.4 Å². The van der Waals surface area contributed by atoms with Gasteiger partial charge in [0.1, 0.15) is 5.69 Å². The van der Waals surface area contributed by atoms with Crippen molar-refractivity contribution in [2.24, 2.45) is 0 Å². The number of nitrogens with zero attached hydrogens (tertiary/aromatic N) is 3. The Morgan fingerprint density at radius 1 is 1.23 bits per heavy atom. The van der Waals surface area contributed by atoms with Gasteiger partial charge in [-0.3, -0.25) is 4.79 Å². The molecule has 0 fully saturated rings. The maximum Gasteiger partial charge on any atom is 0.333 e. The molecule has 0 saturated carbocycles. The summed E-state index contributed by atoms with van der Waals surface area (Å²) in [4.78, 5) is 14.2. The van der Waals surface area contributed by atoms with Crippen molar-refractivity contribution in [3.63, 3.8) is 0 Å². The number of carbonyl (C=O) groups is 1. The molecule has 0 aliphatic heterocycles. The highest BCUT2D eigenvalue weighted by molar-refractivity contribution is 6.03. The zero-order chi connectivity index (χ0) is 16.1. The lowest BCUT2D eigenvalue weighted by Crippen LogP contribution is -2.22. The first-order valence-electron chi connectivity index (χ1n) is 7.04. The zero-order valence-electron chi connectivity index (χ0n) is 12.5. The van der Waals surface area contributed by atoms with Crippen molar-refractivity contribution in [1.82, 2.24) is 9.78 Å². The molecule has 118 valence electrons. The molecular weight excluding hydrogens is 290 g/mol. The van der Waals surface area contributed by atoms with E-state index in [4.69, 9.17) is 0 Å². The number of nitrogens with one attached hydrogen (secondary N) is 1. The standard InChI is InChI=1S/C15H18F2N4O/c1-3-20(4-2)12-7-5-11(6-8-12)19-14(22)13-9-10-18-21(13)15(16)17/h5-10,15H,3-4H2,1-2H3,(H,19,22). The molecule has 0 radical (unpaired) electrons. The van der Waals surface area contributed by atoms with E-state index < -0.39 is 12.5 Å². The number of aromatic nitrogens is 2. The summed E-state index contributed by atoms with van der Waals surface area (Å²) < 4.78 is 25.8. The van der Waals surface area contributed by atoms with Crippen molar-refractivity contribution in [2.45, 2.75) is 20.4 Å². The predicted octanol–water partition coefficient (Wildman–Crippen LogP) is 3.38. The fourth-order valence-electron chi connectivity index (χ4n) is 2.19. The van der Waals surface area contributed by atoms with Crippen LogP contribution >= 0.6 is 0 Å². The van der Waals surface area contributed by atoms with Gasteiger partial charge < -0.3 is 10.2 Å². The molecule has 2 rings (SSSR count). The smallest absolute Gasteiger partial charge is 0.333 e. The number of alkyl halides is 2. The van der Waals surface area contributed by atoms with Crippen LogP contribution in [0.5, 0.6) is 0 Å². The summed E-state index contributed by atoms with van der Waals surface area (Å²) in [5, 5.41) is 6.03. The summed E-state index contributed by atoms with van der Waals surface area (Å²) in [6.45, 7) is 3.04. The predicted molar refractivity (Wildman–Crippen MR) is 81.4 cm³/mol. The zero-order valence-corrected chi connectivity index (χ0v) is 12.5. The van der Waals surface area contributed by atoms with Gasteiger partial charge in [0.05, 0.1) is 0 Å². The van der Waals surface area contributed by atoms with Gasteiger partial charge in [-0.15, -0.1) is 0 Å². The normalized spacial score (nSPS) is 10.8. The van der Waals surface area contributed by atoms with Crippen molar-refractivity contribution >= 4 is 17.3 Å². The Balaban J connectivity index is 2.10. The fourth-order valence-corrected chi connectivity index (χ4v) is 2.19. The lowest BCUT2D eigenvalue weighted by molar-refractivity contribution is 0.0520. The minimum absolute atomic E-state index is 0.178. The molecule has 22 heavy (non-hydrogen) atoms. The average molecular weight is 308 g/mol. The van der Waals surface area contributed by atoms with Crippen LogP contribution in [0, 0.1) is 0 Å². The Hall–Kier alpha value is -2.44. The van der Waals surface area contributed by atoms with E-state index in [1.54, 1.807) is 12.1 Å². The van der Waals surface area contributed by atoms with Gasteiger partial charge in [0.2, 0.25) is 0 Å². The Morgan fingerprint density at radius 3 is 2.41 bits per heavy atom. The highest BCUT2D eigenvalue weighted by atomic mass is 19.3. The van der Waals surface area contributed by atoms with Gasteiger partial charge in [0.15, 0.2) is 0 Å². The molecule has 0 aliphatic rings. The second-order valence-corrected chi connectivity index (χ2v) is 4.61. The monoisotopic (exact) mass is 308 g/mol. The van der Waals surface area contributed by atoms with E-state index in [0.717, 1.165) is 18.8 Å². The summed E-state index contributed by atoms with van der Waals surface area (Å²) in [7, 11) is 0. The van der Waals surface area contributed by atoms with Crippen LogP contribution < -0.4 is 10.2 Å². The summed E-state index contributed by atoms with van der Waals surface area (Å²) >= 11 is 0. The minimum atomic E-state index is -2.85. The second-order valence-electron chi connectivity index (χ2n) is 4.61. The van der Waals surface area contributed by atoms with Gasteiger partial charge in [0, 0.05) is 30.7 Å². The van der Waals surface area contributed by atoms with E-state index in [1.165, 1.54) is 12.3 Å². The van der Waals surface area contributed by atoms with Gasteiger partial charge in [-0.05, 0) is 44.2 Å². The molecule has 1 amide bonds. The molecule has 2 aromatic rings. The third-order valence-corrected chi connectivity index (χ3v) is 3.34. The minimum Gasteiger partial charge on any atom is -0.372 e. The quantitative estimate of drug-likeness (QED) is 0.890. The molecule has 7 heteroatoms. The number of hydrogen-bond acceptors (Lipinski definition) is 3. The number of halogens is 2. The van der Waals surface area contributed by atoms with Crippen LogP contribution in [0.1, 0.15) is 30.9 Å². The van der Waals surface area contributed by atoms with Crippen LogP contribution in [0.25, 0.3) is 0 Å². The number of hydrogen-bond donors (Lipinski definition) is 1. The van der Waals surface area contributed by atoms with Crippen LogP contribution in [-0.4, -0.2) is 28.8 Å². The van der Waals surface area contributed by atoms with Crippen LogP contribution in [0.15, 0.2) is 36.5 Å². The largest absolute Gasteiger partial charge is 0.372 e. The Bertz CT molecular complexity index is 621. The molecule has 0 unspecified atom stereocenters. The number of benzene rings is 1. The Morgan fingerprint density at radius 2 is 1.86 bits per heavy atom. The molecule has 0 bridgehead atoms. The van der Waals surface area contributed by atoms with E-state index in [-0.39, 0.29) is 5.69 Å². The molecule has 0 saturated heterocycles. The van der Waals surface area contributed by atoms with Gasteiger partial charge in [0.25, 0.3) is 5.91 Å². The third kappa shape index (κ3) is 3.41. The first-order valence-corrected chi connectivity index (χ1v) is 7.04. The topological polar surface area (TPSA) is 50.2 Å². The molecular formula is C15H18F2N4O. The molecule has 0 aliphatic carbocycles. The molecule has 1 N–H and O–H groups in total. The number of amides is 1. The van der Waals surface area contributed by atoms with Crippen molar-refractivity contribution in [2.75, 3.05) is 23.3 Å². The van der Waals surface area contributed by atoms with Crippen molar-refractivity contribution < 1.29 is 13.6 Å². The number of carbonyl (C=O) groups excluding carboxylic acids is 1. The van der Waals surface area contributed by atoms with Gasteiger partial charge >= 0.3 is 6.55 Å². The first kappa shape index (κ1) is 15.9. The number of anilines is 2. The van der Waals surface area contributed by atoms with Crippen molar-refractivity contribution in [1.29, 1.82) is 0 Å². The van der Waals surface area contributed by atoms with E-state index in [2.05, 4.69) is 29.2 Å². The van der Waals surface area contributed by atoms with E-state index in [1.807, 2.05) is 12.1 Å². The summed E-state index contributed by atoms with van der Waals surface area (Å²) in [6.07, 6.45) is 1.17. The van der Waals surface area contributed by atoms with Gasteiger partial charge in [-0.1, -0.05) is 0 Å². The summed E-state index contributed by atoms with van der Waals surface area (Å²) in [6, 6.07) is 8.51. The fraction of sp³-hybridized carbons (Fsp3) is 0.333. The molecule has 1 aromatic carbocycles. The Kier molecular flexibility index (Phi) is 5.08. The first-order chi connectivity index (χ1) is 10.6. The van der Waals surface area contributed by atoms with Crippen LogP contribution in [0.4, 0.5) is 20.2 Å². The van der Waals surface area contributed by atoms with Crippen LogP contribution in [-0.2, 0) is 0 Å². The molecule has 0 atom stereocenters. The van der Waals surface area contributed by atoms with Crippen molar-refractivity contribution in [3.05, 3.63) is 42.2 Å².